The first-order valence-corrected chi connectivity index (χ1v) is 12.0. The minimum Gasteiger partial charge on any atom is -0.493 e. The SMILES string of the molecule is CC(C)COc1ccc(C2=C(N3CCN(CCO)CC3)C(=O)N(CC3CCCO3)C2=O)cc1. The molecule has 33 heavy (non-hydrogen) atoms. The van der Waals surface area contributed by atoms with E-state index in [0.29, 0.717) is 56.6 Å². The van der Waals surface area contributed by atoms with Gasteiger partial charge in [0.05, 0.1) is 31.4 Å². The van der Waals surface area contributed by atoms with Gasteiger partial charge in [-0.2, -0.15) is 0 Å². The predicted octanol–water partition coefficient (Wildman–Crippen LogP) is 1.59. The van der Waals surface area contributed by atoms with Crippen LogP contribution in [0.25, 0.3) is 5.57 Å². The van der Waals surface area contributed by atoms with Crippen LogP contribution < -0.4 is 4.74 Å². The summed E-state index contributed by atoms with van der Waals surface area (Å²) in [6.07, 6.45) is 1.73. The number of carbonyl (C=O) groups excluding carboxylic acids is 2. The van der Waals surface area contributed by atoms with Gasteiger partial charge < -0.3 is 19.5 Å². The number of imide groups is 1. The molecule has 4 rings (SSSR count). The maximum Gasteiger partial charge on any atom is 0.277 e. The second-order valence-corrected chi connectivity index (χ2v) is 9.36. The Morgan fingerprint density at radius 1 is 1.09 bits per heavy atom. The molecule has 0 saturated carbocycles. The largest absolute Gasteiger partial charge is 0.493 e. The van der Waals surface area contributed by atoms with Gasteiger partial charge in [-0.25, -0.2) is 0 Å². The van der Waals surface area contributed by atoms with Crippen molar-refractivity contribution in [2.24, 2.45) is 5.92 Å². The summed E-state index contributed by atoms with van der Waals surface area (Å²) in [6, 6.07) is 7.46. The van der Waals surface area contributed by atoms with Crippen LogP contribution in [-0.2, 0) is 14.3 Å². The summed E-state index contributed by atoms with van der Waals surface area (Å²) in [4.78, 5) is 32.6. The normalized spacial score (nSPS) is 22.2. The van der Waals surface area contributed by atoms with Crippen molar-refractivity contribution < 1.29 is 24.2 Å². The molecule has 3 heterocycles. The number of aliphatic hydroxyl groups is 1. The Morgan fingerprint density at radius 3 is 2.42 bits per heavy atom. The van der Waals surface area contributed by atoms with E-state index in [1.165, 1.54) is 4.90 Å². The second kappa shape index (κ2) is 10.7. The lowest BCUT2D eigenvalue weighted by Gasteiger charge is -2.36. The first-order valence-electron chi connectivity index (χ1n) is 12.0. The Hall–Kier alpha value is -2.42. The topological polar surface area (TPSA) is 82.6 Å². The van der Waals surface area contributed by atoms with Crippen molar-refractivity contribution in [3.8, 4) is 5.75 Å². The number of nitrogens with zero attached hydrogens (tertiary/aromatic N) is 3. The zero-order valence-electron chi connectivity index (χ0n) is 19.7. The molecule has 3 aliphatic rings. The molecule has 180 valence electrons. The first kappa shape index (κ1) is 23.7. The van der Waals surface area contributed by atoms with Gasteiger partial charge in [0.1, 0.15) is 11.4 Å². The molecule has 0 bridgehead atoms. The van der Waals surface area contributed by atoms with E-state index in [9.17, 15) is 14.7 Å². The summed E-state index contributed by atoms with van der Waals surface area (Å²) >= 11 is 0. The molecule has 2 saturated heterocycles. The monoisotopic (exact) mass is 457 g/mol. The van der Waals surface area contributed by atoms with Crippen molar-refractivity contribution in [3.05, 3.63) is 35.5 Å². The van der Waals surface area contributed by atoms with Gasteiger partial charge in [0.2, 0.25) is 0 Å². The van der Waals surface area contributed by atoms with Crippen LogP contribution in [0.3, 0.4) is 0 Å². The molecule has 0 spiro atoms. The summed E-state index contributed by atoms with van der Waals surface area (Å²) in [6.45, 7) is 9.29. The quantitative estimate of drug-likeness (QED) is 0.564. The maximum atomic E-state index is 13.5. The number of hydrogen-bond acceptors (Lipinski definition) is 7. The van der Waals surface area contributed by atoms with Crippen LogP contribution >= 0.6 is 0 Å². The number of carbonyl (C=O) groups is 2. The second-order valence-electron chi connectivity index (χ2n) is 9.36. The molecule has 8 nitrogen and oxygen atoms in total. The minimum atomic E-state index is -0.251. The van der Waals surface area contributed by atoms with E-state index < -0.39 is 0 Å². The summed E-state index contributed by atoms with van der Waals surface area (Å²) < 4.78 is 11.5. The van der Waals surface area contributed by atoms with E-state index in [4.69, 9.17) is 9.47 Å². The molecule has 2 amide bonds. The average molecular weight is 458 g/mol. The highest BCUT2D eigenvalue weighted by Crippen LogP contribution is 2.34. The van der Waals surface area contributed by atoms with Gasteiger partial charge in [0.15, 0.2) is 0 Å². The van der Waals surface area contributed by atoms with Crippen molar-refractivity contribution >= 4 is 17.4 Å². The van der Waals surface area contributed by atoms with Gasteiger partial charge in [-0.3, -0.25) is 19.4 Å². The Bertz CT molecular complexity index is 869. The molecule has 8 heteroatoms. The summed E-state index contributed by atoms with van der Waals surface area (Å²) in [5.74, 6) is 0.685. The van der Waals surface area contributed by atoms with E-state index in [2.05, 4.69) is 18.7 Å². The third-order valence-electron chi connectivity index (χ3n) is 6.38. The molecular weight excluding hydrogens is 422 g/mol. The summed E-state index contributed by atoms with van der Waals surface area (Å²) in [5, 5.41) is 9.23. The number of hydrogen-bond donors (Lipinski definition) is 1. The standard InChI is InChI=1S/C25H35N3O5/c1-18(2)17-33-20-7-5-19(6-8-20)22-23(27-11-9-26(10-12-27)13-14-29)25(31)28(24(22)30)16-21-4-3-15-32-21/h5-8,18,21,29H,3-4,9-17H2,1-2H3. The molecule has 0 aliphatic carbocycles. The highest BCUT2D eigenvalue weighted by Gasteiger charge is 2.43. The van der Waals surface area contributed by atoms with Gasteiger partial charge in [-0.1, -0.05) is 26.0 Å². The van der Waals surface area contributed by atoms with E-state index in [1.807, 2.05) is 29.2 Å². The highest BCUT2D eigenvalue weighted by atomic mass is 16.5. The fraction of sp³-hybridized carbons (Fsp3) is 0.600. The van der Waals surface area contributed by atoms with Crippen molar-refractivity contribution in [2.45, 2.75) is 32.8 Å². The molecule has 1 aromatic carbocycles. The first-order chi connectivity index (χ1) is 16.0. The Labute approximate surface area is 195 Å². The van der Waals surface area contributed by atoms with Gasteiger partial charge in [0, 0.05) is 39.3 Å². The fourth-order valence-electron chi connectivity index (χ4n) is 4.59. The highest BCUT2D eigenvalue weighted by molar-refractivity contribution is 6.35. The third kappa shape index (κ3) is 5.39. The average Bonchev–Trinajstić information content (AvgIpc) is 3.41. The minimum absolute atomic E-state index is 0.0910. The van der Waals surface area contributed by atoms with E-state index in [0.717, 1.165) is 37.2 Å². The molecular formula is C25H35N3O5. The maximum absolute atomic E-state index is 13.5. The molecule has 1 aromatic rings. The number of piperazine rings is 1. The van der Waals surface area contributed by atoms with Gasteiger partial charge >= 0.3 is 0 Å². The number of ether oxygens (including phenoxy) is 2. The molecule has 1 N–H and O–H groups in total. The number of benzene rings is 1. The van der Waals surface area contributed by atoms with Gasteiger partial charge in [-0.05, 0) is 36.5 Å². The Balaban J connectivity index is 1.59. The molecule has 1 unspecified atom stereocenters. The number of β-amino-alcohol motifs (C(OH)–C–C–N with tert-alkyl or cyclic N) is 1. The van der Waals surface area contributed by atoms with Crippen LogP contribution in [0.2, 0.25) is 0 Å². The van der Waals surface area contributed by atoms with Crippen molar-refractivity contribution in [1.29, 1.82) is 0 Å². The zero-order valence-corrected chi connectivity index (χ0v) is 19.7. The number of aliphatic hydroxyl groups excluding tert-OH is 1. The molecule has 1 atom stereocenters. The van der Waals surface area contributed by atoms with Crippen molar-refractivity contribution in [3.63, 3.8) is 0 Å². The lowest BCUT2D eigenvalue weighted by atomic mass is 10.0. The van der Waals surface area contributed by atoms with Crippen LogP contribution in [0.1, 0.15) is 32.3 Å². The third-order valence-corrected chi connectivity index (χ3v) is 6.38. The summed E-state index contributed by atoms with van der Waals surface area (Å²) in [5.41, 5.74) is 1.68. The van der Waals surface area contributed by atoms with E-state index in [-0.39, 0.29) is 24.5 Å². The fourth-order valence-corrected chi connectivity index (χ4v) is 4.59. The van der Waals surface area contributed by atoms with Crippen molar-refractivity contribution in [2.75, 3.05) is 59.1 Å². The number of amides is 2. The molecule has 3 aliphatic heterocycles. The van der Waals surface area contributed by atoms with E-state index in [1.54, 1.807) is 0 Å². The van der Waals surface area contributed by atoms with Crippen LogP contribution in [-0.4, -0.2) is 96.8 Å². The summed E-state index contributed by atoms with van der Waals surface area (Å²) in [7, 11) is 0. The van der Waals surface area contributed by atoms with Gasteiger partial charge in [-0.15, -0.1) is 0 Å². The lowest BCUT2D eigenvalue weighted by molar-refractivity contribution is -0.139. The van der Waals surface area contributed by atoms with Gasteiger partial charge in [0.25, 0.3) is 11.8 Å². The smallest absolute Gasteiger partial charge is 0.277 e. The van der Waals surface area contributed by atoms with Crippen LogP contribution in [0.5, 0.6) is 5.75 Å². The van der Waals surface area contributed by atoms with Crippen LogP contribution in [0.15, 0.2) is 30.0 Å². The molecule has 2 fully saturated rings. The molecule has 0 aromatic heterocycles. The lowest BCUT2D eigenvalue weighted by Crippen LogP contribution is -2.48. The van der Waals surface area contributed by atoms with Crippen molar-refractivity contribution in [1.82, 2.24) is 14.7 Å². The number of rotatable bonds is 9. The zero-order chi connectivity index (χ0) is 23.4. The Morgan fingerprint density at radius 2 is 1.82 bits per heavy atom. The predicted molar refractivity (Wildman–Crippen MR) is 124 cm³/mol. The Kier molecular flexibility index (Phi) is 7.67. The van der Waals surface area contributed by atoms with Crippen LogP contribution in [0, 0.1) is 5.92 Å². The van der Waals surface area contributed by atoms with E-state index >= 15 is 0 Å². The van der Waals surface area contributed by atoms with Crippen LogP contribution in [0.4, 0.5) is 0 Å². The molecule has 0 radical (unpaired) electrons.